The summed E-state index contributed by atoms with van der Waals surface area (Å²) in [6, 6.07) is 7.87. The summed E-state index contributed by atoms with van der Waals surface area (Å²) in [5.41, 5.74) is 1.06. The predicted molar refractivity (Wildman–Crippen MR) is 73.2 cm³/mol. The topological polar surface area (TPSA) is 12.0 Å². The molecule has 0 radical (unpaired) electrons. The number of rotatable bonds is 5. The molecule has 5 heteroatoms. The zero-order valence-electron chi connectivity index (χ0n) is 10.6. The average molecular weight is 300 g/mol. The first-order valence-electron chi connectivity index (χ1n) is 6.14. The molecule has 2 aromatic rings. The maximum absolute atomic E-state index is 13.5. The van der Waals surface area contributed by atoms with Crippen LogP contribution in [0.1, 0.15) is 11.1 Å². The zero-order valence-corrected chi connectivity index (χ0v) is 11.4. The summed E-state index contributed by atoms with van der Waals surface area (Å²) in [5, 5.41) is 3.37. The molecule has 2 aromatic carbocycles. The Labute approximate surface area is 120 Å². The molecule has 0 amide bonds. The van der Waals surface area contributed by atoms with Gasteiger partial charge in [0.05, 0.1) is 0 Å². The Balaban J connectivity index is 1.84. The van der Waals surface area contributed by atoms with Gasteiger partial charge in [0.1, 0.15) is 17.5 Å². The van der Waals surface area contributed by atoms with Gasteiger partial charge in [0, 0.05) is 23.2 Å². The number of benzene rings is 2. The summed E-state index contributed by atoms with van der Waals surface area (Å²) in [5.74, 6) is -1.56. The van der Waals surface area contributed by atoms with E-state index in [9.17, 15) is 13.2 Å². The minimum Gasteiger partial charge on any atom is -0.312 e. The Kier molecular flexibility index (Phi) is 5.04. The molecule has 2 rings (SSSR count). The standard InChI is InChI=1S/C15H13ClF3N/c16-12-2-1-11(15(19)7-12)9-20-4-3-10-5-13(17)8-14(18)6-10/h1-2,5-8,20H,3-4,9H2. The van der Waals surface area contributed by atoms with Crippen LogP contribution in [0.15, 0.2) is 36.4 Å². The van der Waals surface area contributed by atoms with Crippen LogP contribution in [0.5, 0.6) is 0 Å². The molecule has 0 aliphatic rings. The first kappa shape index (κ1) is 14.9. The molecule has 0 aromatic heterocycles. The fourth-order valence-electron chi connectivity index (χ4n) is 1.88. The average Bonchev–Trinajstić information content (AvgIpc) is 2.35. The van der Waals surface area contributed by atoms with Crippen molar-refractivity contribution in [3.05, 3.63) is 70.0 Å². The second kappa shape index (κ2) is 6.77. The molecule has 0 heterocycles. The minimum absolute atomic E-state index is 0.334. The van der Waals surface area contributed by atoms with Gasteiger partial charge in [-0.3, -0.25) is 0 Å². The van der Waals surface area contributed by atoms with Crippen LogP contribution in [0.4, 0.5) is 13.2 Å². The molecule has 0 saturated carbocycles. The molecule has 0 aliphatic heterocycles. The van der Waals surface area contributed by atoms with E-state index in [1.165, 1.54) is 18.2 Å². The van der Waals surface area contributed by atoms with E-state index in [1.807, 2.05) is 0 Å². The molecule has 0 unspecified atom stereocenters. The first-order valence-corrected chi connectivity index (χ1v) is 6.52. The van der Waals surface area contributed by atoms with Gasteiger partial charge in [-0.1, -0.05) is 17.7 Å². The van der Waals surface area contributed by atoms with Gasteiger partial charge < -0.3 is 5.32 Å². The van der Waals surface area contributed by atoms with E-state index in [4.69, 9.17) is 11.6 Å². The first-order chi connectivity index (χ1) is 9.54. The molecule has 0 fully saturated rings. The summed E-state index contributed by atoms with van der Waals surface area (Å²) in [6.45, 7) is 0.825. The SMILES string of the molecule is Fc1cc(F)cc(CCNCc2ccc(Cl)cc2F)c1. The lowest BCUT2D eigenvalue weighted by atomic mass is 10.1. The fourth-order valence-corrected chi connectivity index (χ4v) is 2.03. The van der Waals surface area contributed by atoms with Crippen LogP contribution in [0.25, 0.3) is 0 Å². The number of hydrogen-bond acceptors (Lipinski definition) is 1. The van der Waals surface area contributed by atoms with Gasteiger partial charge in [0.15, 0.2) is 0 Å². The van der Waals surface area contributed by atoms with Crippen molar-refractivity contribution >= 4 is 11.6 Å². The van der Waals surface area contributed by atoms with Crippen molar-refractivity contribution in [3.63, 3.8) is 0 Å². The van der Waals surface area contributed by atoms with Gasteiger partial charge in [-0.15, -0.1) is 0 Å². The van der Waals surface area contributed by atoms with Crippen LogP contribution < -0.4 is 5.32 Å². The Morgan fingerprint density at radius 2 is 1.65 bits per heavy atom. The Hall–Kier alpha value is -1.52. The van der Waals surface area contributed by atoms with Crippen LogP contribution in [-0.2, 0) is 13.0 Å². The molecule has 0 spiro atoms. The van der Waals surface area contributed by atoms with Gasteiger partial charge in [0.25, 0.3) is 0 Å². The van der Waals surface area contributed by atoms with E-state index in [-0.39, 0.29) is 5.82 Å². The minimum atomic E-state index is -0.594. The van der Waals surface area contributed by atoms with E-state index in [0.29, 0.717) is 35.7 Å². The zero-order chi connectivity index (χ0) is 14.5. The van der Waals surface area contributed by atoms with Gasteiger partial charge in [-0.2, -0.15) is 0 Å². The summed E-state index contributed by atoms with van der Waals surface area (Å²) >= 11 is 5.66. The van der Waals surface area contributed by atoms with E-state index >= 15 is 0 Å². The predicted octanol–water partition coefficient (Wildman–Crippen LogP) is 4.09. The maximum Gasteiger partial charge on any atom is 0.129 e. The van der Waals surface area contributed by atoms with Gasteiger partial charge >= 0.3 is 0 Å². The third-order valence-electron chi connectivity index (χ3n) is 2.84. The van der Waals surface area contributed by atoms with Crippen LogP contribution in [-0.4, -0.2) is 6.54 Å². The van der Waals surface area contributed by atoms with Crippen molar-refractivity contribution in [3.8, 4) is 0 Å². The Morgan fingerprint density at radius 3 is 2.30 bits per heavy atom. The fraction of sp³-hybridized carbons (Fsp3) is 0.200. The normalized spacial score (nSPS) is 10.8. The molecule has 20 heavy (non-hydrogen) atoms. The summed E-state index contributed by atoms with van der Waals surface area (Å²) in [4.78, 5) is 0. The highest BCUT2D eigenvalue weighted by atomic mass is 35.5. The van der Waals surface area contributed by atoms with Crippen LogP contribution in [0.2, 0.25) is 5.02 Å². The van der Waals surface area contributed by atoms with Gasteiger partial charge in [-0.05, 0) is 42.8 Å². The maximum atomic E-state index is 13.5. The van der Waals surface area contributed by atoms with Crippen molar-refractivity contribution in [1.29, 1.82) is 0 Å². The molecular formula is C15H13ClF3N. The van der Waals surface area contributed by atoms with Crippen molar-refractivity contribution in [2.75, 3.05) is 6.54 Å². The van der Waals surface area contributed by atoms with E-state index in [0.717, 1.165) is 6.07 Å². The van der Waals surface area contributed by atoms with Crippen LogP contribution in [0.3, 0.4) is 0 Å². The molecule has 0 atom stereocenters. The quantitative estimate of drug-likeness (QED) is 0.820. The van der Waals surface area contributed by atoms with E-state index < -0.39 is 11.6 Å². The molecule has 0 bridgehead atoms. The highest BCUT2D eigenvalue weighted by molar-refractivity contribution is 6.30. The summed E-state index contributed by atoms with van der Waals surface area (Å²) < 4.78 is 39.4. The van der Waals surface area contributed by atoms with E-state index in [1.54, 1.807) is 12.1 Å². The summed E-state index contributed by atoms with van der Waals surface area (Å²) in [6.07, 6.45) is 0.462. The third-order valence-corrected chi connectivity index (χ3v) is 3.08. The van der Waals surface area contributed by atoms with E-state index in [2.05, 4.69) is 5.32 Å². The number of halogens is 4. The highest BCUT2D eigenvalue weighted by Crippen LogP contribution is 2.14. The van der Waals surface area contributed by atoms with Gasteiger partial charge in [-0.25, -0.2) is 13.2 Å². The monoisotopic (exact) mass is 299 g/mol. The Morgan fingerprint density at radius 1 is 0.950 bits per heavy atom. The van der Waals surface area contributed by atoms with Crippen LogP contribution >= 0.6 is 11.6 Å². The lowest BCUT2D eigenvalue weighted by Gasteiger charge is -2.07. The Bertz CT molecular complexity index is 581. The molecule has 1 nitrogen and oxygen atoms in total. The second-order valence-electron chi connectivity index (χ2n) is 4.44. The second-order valence-corrected chi connectivity index (χ2v) is 4.88. The van der Waals surface area contributed by atoms with Crippen molar-refractivity contribution < 1.29 is 13.2 Å². The molecule has 0 aliphatic carbocycles. The third kappa shape index (κ3) is 4.25. The molecule has 0 saturated heterocycles. The molecular weight excluding hydrogens is 287 g/mol. The lowest BCUT2D eigenvalue weighted by molar-refractivity contribution is 0.574. The van der Waals surface area contributed by atoms with Crippen molar-refractivity contribution in [2.45, 2.75) is 13.0 Å². The van der Waals surface area contributed by atoms with Gasteiger partial charge in [0.2, 0.25) is 0 Å². The smallest absolute Gasteiger partial charge is 0.129 e. The van der Waals surface area contributed by atoms with Crippen molar-refractivity contribution in [1.82, 2.24) is 5.32 Å². The number of nitrogens with one attached hydrogen (secondary N) is 1. The molecule has 1 N–H and O–H groups in total. The largest absolute Gasteiger partial charge is 0.312 e. The number of hydrogen-bond donors (Lipinski definition) is 1. The van der Waals surface area contributed by atoms with Crippen molar-refractivity contribution in [2.24, 2.45) is 0 Å². The highest BCUT2D eigenvalue weighted by Gasteiger charge is 2.03. The lowest BCUT2D eigenvalue weighted by Crippen LogP contribution is -2.17. The molecule has 106 valence electrons. The van der Waals surface area contributed by atoms with Crippen LogP contribution in [0, 0.1) is 17.5 Å². The summed E-state index contributed by atoms with van der Waals surface area (Å²) in [7, 11) is 0.